The fourth-order valence-electron chi connectivity index (χ4n) is 1.14. The lowest BCUT2D eigenvalue weighted by atomic mass is 10.1. The van der Waals surface area contributed by atoms with E-state index in [2.05, 4.69) is 8.75 Å². The van der Waals surface area contributed by atoms with Crippen LogP contribution in [-0.4, -0.2) is 8.75 Å². The van der Waals surface area contributed by atoms with Crippen molar-refractivity contribution in [1.29, 1.82) is 0 Å². The monoisotopic (exact) mass is 209 g/mol. The highest BCUT2D eigenvalue weighted by molar-refractivity contribution is 6.99. The number of hydrogen-bond acceptors (Lipinski definition) is 4. The molecule has 0 atom stereocenters. The molecule has 5 heteroatoms. The van der Waals surface area contributed by atoms with Gasteiger partial charge in [0.15, 0.2) is 5.82 Å². The van der Waals surface area contributed by atoms with E-state index in [0.29, 0.717) is 22.6 Å². The van der Waals surface area contributed by atoms with E-state index in [0.717, 1.165) is 11.7 Å². The molecule has 1 heterocycles. The molecule has 0 bridgehead atoms. The second kappa shape index (κ2) is 3.34. The number of hydrogen-bond donors (Lipinski definition) is 1. The third-order valence-electron chi connectivity index (χ3n) is 1.96. The first-order chi connectivity index (χ1) is 6.68. The summed E-state index contributed by atoms with van der Waals surface area (Å²) in [4.78, 5) is 0. The number of benzene rings is 1. The molecule has 0 aliphatic rings. The van der Waals surface area contributed by atoms with E-state index in [1.54, 1.807) is 19.1 Å². The summed E-state index contributed by atoms with van der Waals surface area (Å²) in [6, 6.07) is 4.90. The van der Waals surface area contributed by atoms with Crippen LogP contribution in [-0.2, 0) is 0 Å². The Hall–Kier alpha value is -1.49. The normalized spacial score (nSPS) is 10.4. The van der Waals surface area contributed by atoms with Crippen LogP contribution in [0.2, 0.25) is 0 Å². The van der Waals surface area contributed by atoms with Crippen molar-refractivity contribution in [3.8, 4) is 11.3 Å². The summed E-state index contributed by atoms with van der Waals surface area (Å²) in [6.07, 6.45) is 0. The average Bonchev–Trinajstić information content (AvgIpc) is 2.57. The Balaban J connectivity index is 2.53. The third-order valence-corrected chi connectivity index (χ3v) is 2.50. The Morgan fingerprint density at radius 2 is 2.14 bits per heavy atom. The van der Waals surface area contributed by atoms with Gasteiger partial charge in [0.2, 0.25) is 0 Å². The first-order valence-electron chi connectivity index (χ1n) is 4.03. The van der Waals surface area contributed by atoms with Gasteiger partial charge in [-0.1, -0.05) is 12.1 Å². The van der Waals surface area contributed by atoms with Gasteiger partial charge in [-0.15, -0.1) is 0 Å². The van der Waals surface area contributed by atoms with Gasteiger partial charge < -0.3 is 5.73 Å². The zero-order valence-corrected chi connectivity index (χ0v) is 8.31. The van der Waals surface area contributed by atoms with Gasteiger partial charge in [0.25, 0.3) is 0 Å². The number of nitrogens with two attached hydrogens (primary N) is 1. The maximum absolute atomic E-state index is 13.2. The smallest absolute Gasteiger partial charge is 0.165 e. The van der Waals surface area contributed by atoms with E-state index in [1.165, 1.54) is 6.07 Å². The molecule has 2 rings (SSSR count). The molecule has 1 aromatic heterocycles. The topological polar surface area (TPSA) is 51.8 Å². The zero-order chi connectivity index (χ0) is 10.1. The number of aromatic nitrogens is 2. The predicted molar refractivity (Wildman–Crippen MR) is 54.5 cm³/mol. The van der Waals surface area contributed by atoms with Crippen LogP contribution in [0.3, 0.4) is 0 Å². The van der Waals surface area contributed by atoms with E-state index in [9.17, 15) is 4.39 Å². The van der Waals surface area contributed by atoms with Gasteiger partial charge in [0, 0.05) is 5.56 Å². The lowest BCUT2D eigenvalue weighted by Gasteiger charge is -1.99. The molecule has 0 fully saturated rings. The summed E-state index contributed by atoms with van der Waals surface area (Å²) in [7, 11) is 0. The molecule has 0 aliphatic carbocycles. The van der Waals surface area contributed by atoms with Gasteiger partial charge in [0.1, 0.15) is 11.5 Å². The molecule has 1 aromatic carbocycles. The van der Waals surface area contributed by atoms with Crippen molar-refractivity contribution >= 4 is 17.5 Å². The van der Waals surface area contributed by atoms with Crippen LogP contribution in [0.15, 0.2) is 18.2 Å². The van der Waals surface area contributed by atoms with Gasteiger partial charge >= 0.3 is 0 Å². The predicted octanol–water partition coefficient (Wildman–Crippen LogP) is 2.23. The molecule has 2 N–H and O–H groups in total. The quantitative estimate of drug-likeness (QED) is 0.783. The summed E-state index contributed by atoms with van der Waals surface area (Å²) in [5, 5.41) is 0. The minimum Gasteiger partial charge on any atom is -0.381 e. The van der Waals surface area contributed by atoms with Crippen molar-refractivity contribution in [2.75, 3.05) is 5.73 Å². The highest BCUT2D eigenvalue weighted by atomic mass is 32.1. The van der Waals surface area contributed by atoms with Crippen molar-refractivity contribution < 1.29 is 4.39 Å². The molecule has 2 aromatic rings. The van der Waals surface area contributed by atoms with Crippen molar-refractivity contribution in [2.45, 2.75) is 6.92 Å². The van der Waals surface area contributed by atoms with E-state index in [4.69, 9.17) is 5.73 Å². The standard InChI is InChI=1S/C9H8FN3S/c1-5-2-3-6(4-7(5)10)8-9(11)13-14-12-8/h2-4H,1H3,(H2,11,13). The van der Waals surface area contributed by atoms with Gasteiger partial charge in [-0.05, 0) is 18.6 Å². The SMILES string of the molecule is Cc1ccc(-c2nsnc2N)cc1F. The van der Waals surface area contributed by atoms with E-state index < -0.39 is 0 Å². The van der Waals surface area contributed by atoms with Crippen LogP contribution < -0.4 is 5.73 Å². The third kappa shape index (κ3) is 1.46. The number of nitrogens with zero attached hydrogens (tertiary/aromatic N) is 2. The van der Waals surface area contributed by atoms with Crippen molar-refractivity contribution in [3.05, 3.63) is 29.6 Å². The first-order valence-corrected chi connectivity index (χ1v) is 4.76. The number of rotatable bonds is 1. The van der Waals surface area contributed by atoms with E-state index >= 15 is 0 Å². The van der Waals surface area contributed by atoms with E-state index in [1.807, 2.05) is 0 Å². The highest BCUT2D eigenvalue weighted by Crippen LogP contribution is 2.24. The molecular weight excluding hydrogens is 201 g/mol. The molecule has 0 amide bonds. The minimum atomic E-state index is -0.255. The van der Waals surface area contributed by atoms with Gasteiger partial charge in [-0.25, -0.2) is 4.39 Å². The number of nitrogen functional groups attached to an aromatic ring is 1. The summed E-state index contributed by atoms with van der Waals surface area (Å²) >= 11 is 1.02. The fourth-order valence-corrected chi connectivity index (χ4v) is 1.63. The Labute approximate surface area is 84.7 Å². The van der Waals surface area contributed by atoms with Gasteiger partial charge in [-0.2, -0.15) is 8.75 Å². The molecule has 72 valence electrons. The molecule has 0 saturated carbocycles. The molecule has 0 radical (unpaired) electrons. The van der Waals surface area contributed by atoms with Gasteiger partial charge in [0.05, 0.1) is 11.7 Å². The summed E-state index contributed by atoms with van der Waals surface area (Å²) in [5.74, 6) is 0.0909. The number of anilines is 1. The molecular formula is C9H8FN3S. The van der Waals surface area contributed by atoms with Crippen LogP contribution in [0.1, 0.15) is 5.56 Å². The number of halogens is 1. The van der Waals surface area contributed by atoms with Crippen molar-refractivity contribution in [3.63, 3.8) is 0 Å². The molecule has 0 spiro atoms. The Bertz CT molecular complexity index is 467. The lowest BCUT2D eigenvalue weighted by Crippen LogP contribution is -1.90. The minimum absolute atomic E-state index is 0.255. The average molecular weight is 209 g/mol. The second-order valence-electron chi connectivity index (χ2n) is 2.96. The first kappa shape index (κ1) is 9.08. The molecule has 3 nitrogen and oxygen atoms in total. The Kier molecular flexibility index (Phi) is 2.17. The maximum Gasteiger partial charge on any atom is 0.165 e. The van der Waals surface area contributed by atoms with Gasteiger partial charge in [-0.3, -0.25) is 0 Å². The van der Waals surface area contributed by atoms with Crippen molar-refractivity contribution in [2.24, 2.45) is 0 Å². The van der Waals surface area contributed by atoms with Crippen molar-refractivity contribution in [1.82, 2.24) is 8.75 Å². The summed E-state index contributed by atoms with van der Waals surface area (Å²) < 4.78 is 21.0. The van der Waals surface area contributed by atoms with Crippen LogP contribution in [0.25, 0.3) is 11.3 Å². The van der Waals surface area contributed by atoms with Crippen LogP contribution >= 0.6 is 11.7 Å². The van der Waals surface area contributed by atoms with E-state index in [-0.39, 0.29) is 5.82 Å². The largest absolute Gasteiger partial charge is 0.381 e. The molecule has 0 unspecified atom stereocenters. The Morgan fingerprint density at radius 3 is 2.71 bits per heavy atom. The zero-order valence-electron chi connectivity index (χ0n) is 7.49. The molecule has 0 aliphatic heterocycles. The summed E-state index contributed by atoms with van der Waals surface area (Å²) in [6.45, 7) is 1.71. The van der Waals surface area contributed by atoms with Crippen LogP contribution in [0, 0.1) is 12.7 Å². The number of aryl methyl sites for hydroxylation is 1. The Morgan fingerprint density at radius 1 is 1.36 bits per heavy atom. The highest BCUT2D eigenvalue weighted by Gasteiger charge is 2.08. The molecule has 0 saturated heterocycles. The van der Waals surface area contributed by atoms with Crippen LogP contribution in [0.5, 0.6) is 0 Å². The lowest BCUT2D eigenvalue weighted by molar-refractivity contribution is 0.619. The summed E-state index contributed by atoms with van der Waals surface area (Å²) in [5.41, 5.74) is 7.40. The maximum atomic E-state index is 13.2. The van der Waals surface area contributed by atoms with Crippen LogP contribution in [0.4, 0.5) is 10.2 Å². The second-order valence-corrected chi connectivity index (χ2v) is 3.49. The molecule has 14 heavy (non-hydrogen) atoms. The fraction of sp³-hybridized carbons (Fsp3) is 0.111.